The normalized spacial score (nSPS) is 18.8. The van der Waals surface area contributed by atoms with E-state index in [0.29, 0.717) is 22.1 Å². The predicted octanol–water partition coefficient (Wildman–Crippen LogP) is 4.88. The highest BCUT2D eigenvalue weighted by atomic mass is 32.2. The molecule has 28 heavy (non-hydrogen) atoms. The number of aliphatic carboxylic acids is 1. The van der Waals surface area contributed by atoms with Crippen molar-refractivity contribution in [3.8, 4) is 11.5 Å². The summed E-state index contributed by atoms with van der Waals surface area (Å²) in [6.07, 6.45) is 0. The molecule has 1 aliphatic rings. The minimum atomic E-state index is -0.989. The quantitative estimate of drug-likeness (QED) is 0.648. The van der Waals surface area contributed by atoms with E-state index in [-0.39, 0.29) is 11.3 Å². The molecule has 3 aromatic rings. The zero-order chi connectivity index (χ0) is 19.5. The van der Waals surface area contributed by atoms with E-state index in [0.717, 1.165) is 5.56 Å². The summed E-state index contributed by atoms with van der Waals surface area (Å²) in [4.78, 5) is 26.8. The van der Waals surface area contributed by atoms with Crippen LogP contribution in [0, 0.1) is 0 Å². The molecule has 2 unspecified atom stereocenters. The number of rotatable bonds is 5. The Morgan fingerprint density at radius 3 is 2.50 bits per heavy atom. The van der Waals surface area contributed by atoms with Gasteiger partial charge in [0, 0.05) is 5.75 Å². The van der Waals surface area contributed by atoms with Crippen LogP contribution in [0.15, 0.2) is 72.1 Å². The Balaban J connectivity index is 1.64. The highest BCUT2D eigenvalue weighted by Crippen LogP contribution is 2.43. The number of hydrogen-bond donors (Lipinski definition) is 1. The molecule has 0 spiro atoms. The van der Waals surface area contributed by atoms with Crippen molar-refractivity contribution in [1.29, 1.82) is 0 Å². The Hall–Kier alpha value is -2.77. The van der Waals surface area contributed by atoms with Crippen molar-refractivity contribution < 1.29 is 19.4 Å². The first-order valence-corrected chi connectivity index (χ1v) is 10.6. The lowest BCUT2D eigenvalue weighted by molar-refractivity contribution is -0.141. The maximum atomic E-state index is 13.0. The van der Waals surface area contributed by atoms with E-state index >= 15 is 0 Å². The molecule has 1 aromatic heterocycles. The first kappa shape index (κ1) is 18.6. The molecule has 1 N–H and O–H groups in total. The first-order chi connectivity index (χ1) is 13.6. The van der Waals surface area contributed by atoms with Gasteiger partial charge >= 0.3 is 5.97 Å². The van der Waals surface area contributed by atoms with Crippen LogP contribution in [-0.4, -0.2) is 33.7 Å². The van der Waals surface area contributed by atoms with Gasteiger partial charge < -0.3 is 14.7 Å². The Labute approximate surface area is 170 Å². The van der Waals surface area contributed by atoms with Crippen LogP contribution in [0.5, 0.6) is 11.5 Å². The largest absolute Gasteiger partial charge is 0.480 e. The fraction of sp³-hybridized carbons (Fsp3) is 0.143. The molecule has 0 aliphatic carbocycles. The molecule has 142 valence electrons. The molecule has 0 bridgehead atoms. The molecule has 2 aromatic carbocycles. The third kappa shape index (κ3) is 3.76. The van der Waals surface area contributed by atoms with Crippen LogP contribution in [0.1, 0.15) is 20.6 Å². The lowest BCUT2D eigenvalue weighted by Gasteiger charge is -2.27. The van der Waals surface area contributed by atoms with Gasteiger partial charge in [-0.1, -0.05) is 36.4 Å². The fourth-order valence-corrected chi connectivity index (χ4v) is 5.16. The number of carboxylic acids is 1. The Bertz CT molecular complexity index is 975. The van der Waals surface area contributed by atoms with Crippen LogP contribution in [0.3, 0.4) is 0 Å². The Morgan fingerprint density at radius 2 is 1.79 bits per heavy atom. The smallest absolute Gasteiger partial charge is 0.327 e. The molecule has 7 heteroatoms. The van der Waals surface area contributed by atoms with Crippen LogP contribution in [0.4, 0.5) is 0 Å². The van der Waals surface area contributed by atoms with Gasteiger partial charge in [-0.15, -0.1) is 23.1 Å². The maximum Gasteiger partial charge on any atom is 0.327 e. The van der Waals surface area contributed by atoms with Gasteiger partial charge in [-0.2, -0.15) is 0 Å². The summed E-state index contributed by atoms with van der Waals surface area (Å²) in [6, 6.07) is 19.6. The molecule has 1 saturated heterocycles. The van der Waals surface area contributed by atoms with Crippen LogP contribution in [0.2, 0.25) is 0 Å². The van der Waals surface area contributed by atoms with E-state index in [2.05, 4.69) is 0 Å². The third-order valence-corrected chi connectivity index (χ3v) is 6.56. The second-order valence-corrected chi connectivity index (χ2v) is 8.28. The van der Waals surface area contributed by atoms with Crippen molar-refractivity contribution in [2.24, 2.45) is 0 Å². The van der Waals surface area contributed by atoms with E-state index in [9.17, 15) is 14.7 Å². The number of carbonyl (C=O) groups excluding carboxylic acids is 1. The number of amides is 1. The molecule has 0 radical (unpaired) electrons. The molecule has 0 saturated carbocycles. The highest BCUT2D eigenvalue weighted by molar-refractivity contribution is 7.99. The van der Waals surface area contributed by atoms with Crippen LogP contribution < -0.4 is 4.74 Å². The van der Waals surface area contributed by atoms with Gasteiger partial charge in [-0.25, -0.2) is 4.79 Å². The van der Waals surface area contributed by atoms with Gasteiger partial charge in [0.2, 0.25) is 0 Å². The number of ether oxygens (including phenoxy) is 1. The second-order valence-electron chi connectivity index (χ2n) is 6.22. The van der Waals surface area contributed by atoms with Crippen LogP contribution >= 0.6 is 23.1 Å². The van der Waals surface area contributed by atoms with Gasteiger partial charge in [0.05, 0.1) is 4.88 Å². The molecular formula is C21H17NO4S2. The average molecular weight is 412 g/mol. The number of carbonyl (C=O) groups is 2. The summed E-state index contributed by atoms with van der Waals surface area (Å²) in [7, 11) is 0. The summed E-state index contributed by atoms with van der Waals surface area (Å²) in [6.45, 7) is 0. The molecule has 1 amide bonds. The number of carboxylic acid groups (broad SMARTS) is 1. The molecular weight excluding hydrogens is 394 g/mol. The number of benzene rings is 2. The van der Waals surface area contributed by atoms with Crippen molar-refractivity contribution >= 4 is 35.0 Å². The van der Waals surface area contributed by atoms with E-state index in [1.165, 1.54) is 28.0 Å². The third-order valence-electron chi connectivity index (χ3n) is 4.37. The summed E-state index contributed by atoms with van der Waals surface area (Å²) >= 11 is 2.77. The second kappa shape index (κ2) is 8.08. The molecule has 1 aliphatic heterocycles. The predicted molar refractivity (Wildman–Crippen MR) is 110 cm³/mol. The van der Waals surface area contributed by atoms with Crippen molar-refractivity contribution in [3.05, 3.63) is 82.6 Å². The molecule has 4 rings (SSSR count). The standard InChI is InChI=1S/C21H17NO4S2/c23-19(18-10-5-11-27-18)22-17(21(24)25)13-28-20(22)14-6-4-9-16(12-14)26-15-7-2-1-3-8-15/h1-12,17,20H,13H2,(H,24,25). The van der Waals surface area contributed by atoms with E-state index in [1.807, 2.05) is 60.0 Å². The zero-order valence-corrected chi connectivity index (χ0v) is 16.4. The van der Waals surface area contributed by atoms with Crippen LogP contribution in [0.25, 0.3) is 0 Å². The highest BCUT2D eigenvalue weighted by Gasteiger charge is 2.43. The van der Waals surface area contributed by atoms with Gasteiger partial charge in [0.25, 0.3) is 5.91 Å². The Kier molecular flexibility index (Phi) is 5.36. The fourth-order valence-electron chi connectivity index (χ4n) is 3.09. The van der Waals surface area contributed by atoms with Gasteiger partial charge in [0.1, 0.15) is 22.9 Å². The Morgan fingerprint density at radius 1 is 1.00 bits per heavy atom. The molecule has 2 heterocycles. The SMILES string of the molecule is O=C(O)C1CSC(c2cccc(Oc3ccccc3)c2)N1C(=O)c1cccs1. The number of thiophene rings is 1. The van der Waals surface area contributed by atoms with Crippen molar-refractivity contribution in [3.63, 3.8) is 0 Å². The zero-order valence-electron chi connectivity index (χ0n) is 14.7. The summed E-state index contributed by atoms with van der Waals surface area (Å²) < 4.78 is 5.89. The van der Waals surface area contributed by atoms with Gasteiger partial charge in [-0.3, -0.25) is 4.79 Å². The number of para-hydroxylation sites is 1. The van der Waals surface area contributed by atoms with Crippen molar-refractivity contribution in [2.75, 3.05) is 5.75 Å². The average Bonchev–Trinajstić information content (AvgIpc) is 3.39. The van der Waals surface area contributed by atoms with Gasteiger partial charge in [-0.05, 0) is 41.3 Å². The van der Waals surface area contributed by atoms with E-state index in [1.54, 1.807) is 12.1 Å². The van der Waals surface area contributed by atoms with Crippen molar-refractivity contribution in [2.45, 2.75) is 11.4 Å². The monoisotopic (exact) mass is 411 g/mol. The lowest BCUT2D eigenvalue weighted by atomic mass is 10.1. The minimum absolute atomic E-state index is 0.258. The van der Waals surface area contributed by atoms with Crippen molar-refractivity contribution in [1.82, 2.24) is 4.90 Å². The summed E-state index contributed by atoms with van der Waals surface area (Å²) in [5.74, 6) is 0.463. The van der Waals surface area contributed by atoms with Crippen LogP contribution in [-0.2, 0) is 4.79 Å². The van der Waals surface area contributed by atoms with E-state index in [4.69, 9.17) is 4.74 Å². The maximum absolute atomic E-state index is 13.0. The molecule has 5 nitrogen and oxygen atoms in total. The number of thioether (sulfide) groups is 1. The minimum Gasteiger partial charge on any atom is -0.480 e. The summed E-state index contributed by atoms with van der Waals surface area (Å²) in [5, 5.41) is 11.1. The number of hydrogen-bond acceptors (Lipinski definition) is 5. The van der Waals surface area contributed by atoms with Gasteiger partial charge in [0.15, 0.2) is 0 Å². The van der Waals surface area contributed by atoms with E-state index < -0.39 is 12.0 Å². The summed E-state index contributed by atoms with van der Waals surface area (Å²) in [5.41, 5.74) is 0.840. The first-order valence-electron chi connectivity index (χ1n) is 8.67. The molecule has 1 fully saturated rings. The topological polar surface area (TPSA) is 66.8 Å². The molecule has 2 atom stereocenters. The number of nitrogens with zero attached hydrogens (tertiary/aromatic N) is 1. The lowest BCUT2D eigenvalue weighted by Crippen LogP contribution is -2.42.